The largest absolute Gasteiger partial charge is 0.347 e. The molecule has 7 aromatic carbocycles. The van der Waals surface area contributed by atoms with E-state index < -0.39 is 0 Å². The molecule has 0 saturated carbocycles. The molecule has 0 amide bonds. The quantitative estimate of drug-likeness (QED) is 0.177. The van der Waals surface area contributed by atoms with E-state index in [4.69, 9.17) is 0 Å². The molecule has 3 nitrogen and oxygen atoms in total. The van der Waals surface area contributed by atoms with Crippen LogP contribution in [0.25, 0.3) is 76.6 Å². The van der Waals surface area contributed by atoms with E-state index >= 15 is 0 Å². The number of para-hydroxylation sites is 3. The maximum atomic E-state index is 2.51. The molecular formula is C53H45N3. The Hall–Kier alpha value is -6.58. The summed E-state index contributed by atoms with van der Waals surface area (Å²) < 4.78 is 4.92. The number of hydrogen-bond acceptors (Lipinski definition) is 1. The monoisotopic (exact) mass is 723 g/mol. The fourth-order valence-corrected chi connectivity index (χ4v) is 9.31. The third-order valence-electron chi connectivity index (χ3n) is 11.8. The van der Waals surface area contributed by atoms with E-state index in [0.29, 0.717) is 0 Å². The predicted octanol–water partition coefficient (Wildman–Crippen LogP) is 14.7. The Labute approximate surface area is 328 Å². The number of fused-ring (bicyclic) bond motifs is 12. The molecule has 272 valence electrons. The average Bonchev–Trinajstić information content (AvgIpc) is 3.89. The van der Waals surface area contributed by atoms with E-state index in [-0.39, 0.29) is 0 Å². The first kappa shape index (κ1) is 33.9. The first-order valence-electron chi connectivity index (χ1n) is 20.2. The van der Waals surface area contributed by atoms with E-state index in [0.717, 1.165) is 25.7 Å². The van der Waals surface area contributed by atoms with Gasteiger partial charge in [0.15, 0.2) is 0 Å². The maximum absolute atomic E-state index is 2.51. The lowest BCUT2D eigenvalue weighted by Crippen LogP contribution is -2.17. The van der Waals surface area contributed by atoms with Crippen molar-refractivity contribution in [3.63, 3.8) is 0 Å². The normalized spacial score (nSPS) is 13.7. The topological polar surface area (TPSA) is 12.6 Å². The summed E-state index contributed by atoms with van der Waals surface area (Å²) in [5.74, 6) is 0. The fraction of sp³-hybridized carbons (Fsp3) is 0.132. The number of hydrogen-bond donors (Lipinski definition) is 0. The summed E-state index contributed by atoms with van der Waals surface area (Å²) in [5, 5.41) is 12.0. The van der Waals surface area contributed by atoms with Gasteiger partial charge in [-0.25, -0.2) is 0 Å². The van der Waals surface area contributed by atoms with Gasteiger partial charge in [-0.3, -0.25) is 0 Å². The molecule has 3 heterocycles. The van der Waals surface area contributed by atoms with Gasteiger partial charge < -0.3 is 13.9 Å². The minimum absolute atomic E-state index is 1.07. The number of anilines is 2. The second-order valence-corrected chi connectivity index (χ2v) is 14.8. The van der Waals surface area contributed by atoms with Crippen molar-refractivity contribution >= 4 is 88.0 Å². The molecule has 12 rings (SSSR count). The van der Waals surface area contributed by atoms with Crippen LogP contribution in [0, 0.1) is 0 Å². The molecular weight excluding hydrogens is 679 g/mol. The zero-order valence-electron chi connectivity index (χ0n) is 32.3. The molecule has 0 saturated heterocycles. The first-order chi connectivity index (χ1) is 27.7. The summed E-state index contributed by atoms with van der Waals surface area (Å²) >= 11 is 0. The zero-order chi connectivity index (χ0) is 37.8. The molecule has 0 unspecified atom stereocenters. The van der Waals surface area contributed by atoms with Crippen LogP contribution in [0.3, 0.4) is 0 Å². The van der Waals surface area contributed by atoms with Gasteiger partial charge in [0, 0.05) is 73.2 Å². The summed E-state index contributed by atoms with van der Waals surface area (Å²) in [6.07, 6.45) is 15.7. The van der Waals surface area contributed by atoms with Gasteiger partial charge in [-0.1, -0.05) is 135 Å². The summed E-state index contributed by atoms with van der Waals surface area (Å²) in [5.41, 5.74) is 12.0. The Morgan fingerprint density at radius 3 is 2.04 bits per heavy atom. The van der Waals surface area contributed by atoms with Gasteiger partial charge >= 0.3 is 0 Å². The molecule has 3 heteroatoms. The highest BCUT2D eigenvalue weighted by molar-refractivity contribution is 6.27. The van der Waals surface area contributed by atoms with E-state index in [1.807, 2.05) is 13.8 Å². The molecule has 2 aliphatic rings. The minimum Gasteiger partial charge on any atom is -0.347 e. The number of aromatic nitrogens is 2. The molecule has 0 bridgehead atoms. The Morgan fingerprint density at radius 1 is 0.500 bits per heavy atom. The van der Waals surface area contributed by atoms with Crippen molar-refractivity contribution in [2.24, 2.45) is 7.05 Å². The lowest BCUT2D eigenvalue weighted by molar-refractivity contribution is 0.824. The van der Waals surface area contributed by atoms with Gasteiger partial charge in [0.1, 0.15) is 0 Å². The van der Waals surface area contributed by atoms with Crippen LogP contribution < -0.4 is 4.90 Å². The lowest BCUT2D eigenvalue weighted by atomic mass is 9.99. The van der Waals surface area contributed by atoms with Crippen LogP contribution in [0.2, 0.25) is 0 Å². The van der Waals surface area contributed by atoms with E-state index in [9.17, 15) is 0 Å². The predicted molar refractivity (Wildman–Crippen MR) is 243 cm³/mol. The molecule has 0 aliphatic heterocycles. The molecule has 10 aromatic rings. The third kappa shape index (κ3) is 5.33. The number of benzene rings is 7. The lowest BCUT2D eigenvalue weighted by Gasteiger charge is -2.29. The number of nitrogens with zero attached hydrogens (tertiary/aromatic N) is 3. The van der Waals surface area contributed by atoms with Gasteiger partial charge in [0.25, 0.3) is 0 Å². The van der Waals surface area contributed by atoms with Crippen molar-refractivity contribution in [3.05, 3.63) is 181 Å². The summed E-state index contributed by atoms with van der Waals surface area (Å²) in [6, 6.07) is 50.9. The molecule has 0 atom stereocenters. The molecule has 0 N–H and O–H groups in total. The van der Waals surface area contributed by atoms with Crippen molar-refractivity contribution in [1.82, 2.24) is 8.97 Å². The van der Waals surface area contributed by atoms with Gasteiger partial charge in [0.05, 0.1) is 16.6 Å². The highest BCUT2D eigenvalue weighted by Gasteiger charge is 2.21. The van der Waals surface area contributed by atoms with Crippen molar-refractivity contribution in [2.75, 3.05) is 4.90 Å². The van der Waals surface area contributed by atoms with Crippen molar-refractivity contribution in [1.29, 1.82) is 0 Å². The Bertz CT molecular complexity index is 3170. The molecule has 3 aromatic heterocycles. The van der Waals surface area contributed by atoms with Crippen molar-refractivity contribution in [2.45, 2.75) is 39.5 Å². The van der Waals surface area contributed by atoms with Crippen LogP contribution in [0.5, 0.6) is 0 Å². The average molecular weight is 724 g/mol. The van der Waals surface area contributed by atoms with E-state index in [2.05, 4.69) is 191 Å². The minimum atomic E-state index is 1.07. The van der Waals surface area contributed by atoms with Crippen LogP contribution >= 0.6 is 0 Å². The molecule has 0 spiro atoms. The fourth-order valence-electron chi connectivity index (χ4n) is 9.31. The first-order valence-corrected chi connectivity index (χ1v) is 20.2. The Balaban J connectivity index is 0.000000137. The Kier molecular flexibility index (Phi) is 8.44. The van der Waals surface area contributed by atoms with Crippen LogP contribution in [-0.2, 0) is 13.5 Å². The van der Waals surface area contributed by atoms with Crippen LogP contribution in [0.4, 0.5) is 11.4 Å². The SMILES string of the molecule is C1=CCCC(N(c2ccccc2)c2ccc3ccccc3c2)=C1.CC.Cn1c2c(c3cc4ccc5c6cccc7c8ccccc8n(c5c4cc31)c76)C=CCC2. The van der Waals surface area contributed by atoms with Crippen LogP contribution in [0.15, 0.2) is 170 Å². The Morgan fingerprint density at radius 2 is 1.20 bits per heavy atom. The van der Waals surface area contributed by atoms with Gasteiger partial charge in [0.2, 0.25) is 0 Å². The standard InChI is InChI=1S/C29H20N2.C22H19N.C2H6/c1-30-25-11-4-2-8-19(25)24-15-17-13-14-22-21-10-6-9-20-18-7-3-5-12-26(18)31(28(20)21)29(22)23(17)16-27(24)30;1-3-11-20(12-4-1)23(21-13-5-2-6-14-21)22-16-15-18-9-7-8-10-19(18)17-22;1-2/h2-3,5-10,12-16H,4,11H2,1H3;1-5,7-13,15-17H,6,14H2;1-2H3. The van der Waals surface area contributed by atoms with Gasteiger partial charge in [-0.05, 0) is 90.4 Å². The molecule has 56 heavy (non-hydrogen) atoms. The number of aryl methyl sites for hydroxylation is 1. The summed E-state index contributed by atoms with van der Waals surface area (Å²) in [7, 11) is 2.23. The van der Waals surface area contributed by atoms with E-state index in [1.54, 1.807) is 0 Å². The second-order valence-electron chi connectivity index (χ2n) is 14.8. The second kappa shape index (κ2) is 13.9. The van der Waals surface area contributed by atoms with Gasteiger partial charge in [-0.2, -0.15) is 0 Å². The number of rotatable bonds is 3. The highest BCUT2D eigenvalue weighted by Crippen LogP contribution is 2.43. The third-order valence-corrected chi connectivity index (χ3v) is 11.8. The summed E-state index contributed by atoms with van der Waals surface area (Å²) in [4.78, 5) is 2.37. The van der Waals surface area contributed by atoms with Crippen molar-refractivity contribution < 1.29 is 0 Å². The highest BCUT2D eigenvalue weighted by atomic mass is 15.1. The van der Waals surface area contributed by atoms with Gasteiger partial charge in [-0.15, -0.1) is 0 Å². The zero-order valence-corrected chi connectivity index (χ0v) is 32.3. The van der Waals surface area contributed by atoms with Crippen LogP contribution in [-0.4, -0.2) is 8.97 Å². The molecule has 0 radical (unpaired) electrons. The van der Waals surface area contributed by atoms with Crippen LogP contribution in [0.1, 0.15) is 44.4 Å². The summed E-state index contributed by atoms with van der Waals surface area (Å²) in [6.45, 7) is 4.00. The number of allylic oxidation sites excluding steroid dienone is 5. The van der Waals surface area contributed by atoms with E-state index in [1.165, 1.54) is 98.9 Å². The maximum Gasteiger partial charge on any atom is 0.0620 e. The molecule has 0 fully saturated rings. The molecule has 2 aliphatic carbocycles. The van der Waals surface area contributed by atoms with Crippen molar-refractivity contribution in [3.8, 4) is 0 Å². The smallest absolute Gasteiger partial charge is 0.0620 e.